The molecule has 0 saturated carbocycles. The quantitative estimate of drug-likeness (QED) is 0.823. The smallest absolute Gasteiger partial charge is 0.280 e. The molecule has 0 aliphatic carbocycles. The largest absolute Gasteiger partial charge is 0.389 e. The number of carbonyl (C=O) groups is 2. The zero-order valence-corrected chi connectivity index (χ0v) is 14.4. The first-order valence-corrected chi connectivity index (χ1v) is 8.24. The van der Waals surface area contributed by atoms with Crippen molar-refractivity contribution in [1.29, 1.82) is 0 Å². The van der Waals surface area contributed by atoms with E-state index in [1.807, 2.05) is 17.2 Å². The molecule has 1 fully saturated rings. The van der Waals surface area contributed by atoms with Gasteiger partial charge in [0.25, 0.3) is 5.91 Å². The van der Waals surface area contributed by atoms with Crippen LogP contribution in [0.5, 0.6) is 0 Å². The second-order valence-electron chi connectivity index (χ2n) is 6.12. The Kier molecular flexibility index (Phi) is 6.96. The Bertz CT molecular complexity index is 496. The molecule has 124 valence electrons. The predicted octanol–water partition coefficient (Wildman–Crippen LogP) is 1.58. The van der Waals surface area contributed by atoms with Gasteiger partial charge in [0.1, 0.15) is 0 Å². The van der Waals surface area contributed by atoms with Gasteiger partial charge in [0.05, 0.1) is 5.60 Å². The zero-order valence-electron chi connectivity index (χ0n) is 13.6. The Hall–Kier alpha value is -1.47. The third kappa shape index (κ3) is 6.53. The lowest BCUT2D eigenvalue weighted by Crippen LogP contribution is -2.38. The lowest BCUT2D eigenvalue weighted by molar-refractivity contribution is -0.118. The van der Waals surface area contributed by atoms with E-state index in [9.17, 15) is 14.7 Å². The highest BCUT2D eigenvalue weighted by Gasteiger charge is 2.17. The monoisotopic (exact) mass is 327 g/mol. The van der Waals surface area contributed by atoms with Gasteiger partial charge in [0.2, 0.25) is 6.41 Å². The molecule has 7 heteroatoms. The molecule has 0 aromatic carbocycles. The molecular weight excluding hydrogens is 302 g/mol. The SMILES string of the molecule is CC1CCCN1C=O.Cc1csc(C(=O)NCC(C)(C)O)n1. The average molecular weight is 327 g/mol. The van der Waals surface area contributed by atoms with Crippen LogP contribution in [0.4, 0.5) is 0 Å². The summed E-state index contributed by atoms with van der Waals surface area (Å²) in [6, 6.07) is 0.493. The highest BCUT2D eigenvalue weighted by molar-refractivity contribution is 7.11. The van der Waals surface area contributed by atoms with Crippen LogP contribution in [0.25, 0.3) is 0 Å². The number of hydrogen-bond acceptors (Lipinski definition) is 5. The minimum Gasteiger partial charge on any atom is -0.389 e. The first-order valence-electron chi connectivity index (χ1n) is 7.36. The van der Waals surface area contributed by atoms with Gasteiger partial charge in [-0.05, 0) is 40.5 Å². The summed E-state index contributed by atoms with van der Waals surface area (Å²) in [6.45, 7) is 8.39. The topological polar surface area (TPSA) is 82.5 Å². The minimum absolute atomic E-state index is 0.227. The second-order valence-corrected chi connectivity index (χ2v) is 6.98. The van der Waals surface area contributed by atoms with E-state index in [1.165, 1.54) is 24.2 Å². The van der Waals surface area contributed by atoms with Crippen LogP contribution in [0.2, 0.25) is 0 Å². The van der Waals surface area contributed by atoms with Crippen molar-refractivity contribution in [1.82, 2.24) is 15.2 Å². The number of amides is 2. The minimum atomic E-state index is -0.887. The number of rotatable bonds is 4. The van der Waals surface area contributed by atoms with Crippen LogP contribution in [-0.2, 0) is 4.79 Å². The molecule has 0 radical (unpaired) electrons. The normalized spacial score (nSPS) is 17.7. The highest BCUT2D eigenvalue weighted by atomic mass is 32.1. The van der Waals surface area contributed by atoms with Gasteiger partial charge in [-0.15, -0.1) is 11.3 Å². The van der Waals surface area contributed by atoms with Crippen LogP contribution in [0.1, 0.15) is 49.1 Å². The second kappa shape index (κ2) is 8.24. The van der Waals surface area contributed by atoms with Gasteiger partial charge >= 0.3 is 0 Å². The molecule has 1 atom stereocenters. The molecule has 22 heavy (non-hydrogen) atoms. The first-order chi connectivity index (χ1) is 10.2. The van der Waals surface area contributed by atoms with Gasteiger partial charge in [0.15, 0.2) is 5.01 Å². The van der Waals surface area contributed by atoms with E-state index >= 15 is 0 Å². The van der Waals surface area contributed by atoms with Crippen molar-refractivity contribution in [2.45, 2.75) is 52.2 Å². The summed E-state index contributed by atoms with van der Waals surface area (Å²) >= 11 is 1.30. The van der Waals surface area contributed by atoms with Crippen LogP contribution in [0.15, 0.2) is 5.38 Å². The van der Waals surface area contributed by atoms with Gasteiger partial charge in [-0.1, -0.05) is 0 Å². The Morgan fingerprint density at radius 1 is 1.64 bits per heavy atom. The molecule has 0 spiro atoms. The summed E-state index contributed by atoms with van der Waals surface area (Å²) in [4.78, 5) is 27.5. The van der Waals surface area contributed by atoms with E-state index < -0.39 is 5.60 Å². The van der Waals surface area contributed by atoms with E-state index in [2.05, 4.69) is 17.2 Å². The van der Waals surface area contributed by atoms with Crippen molar-refractivity contribution in [3.05, 3.63) is 16.1 Å². The van der Waals surface area contributed by atoms with Crippen LogP contribution < -0.4 is 5.32 Å². The van der Waals surface area contributed by atoms with E-state index in [1.54, 1.807) is 13.8 Å². The Labute approximate surface area is 135 Å². The number of thiazole rings is 1. The molecule has 1 aromatic rings. The number of carbonyl (C=O) groups excluding carboxylic acids is 2. The molecule has 1 saturated heterocycles. The first kappa shape index (κ1) is 18.6. The molecule has 2 N–H and O–H groups in total. The van der Waals surface area contributed by atoms with Crippen molar-refractivity contribution in [3.8, 4) is 0 Å². The Morgan fingerprint density at radius 3 is 2.68 bits per heavy atom. The van der Waals surface area contributed by atoms with Crippen molar-refractivity contribution in [2.75, 3.05) is 13.1 Å². The molecule has 1 aliphatic rings. The van der Waals surface area contributed by atoms with E-state index in [-0.39, 0.29) is 12.5 Å². The molecule has 2 rings (SSSR count). The number of aryl methyl sites for hydroxylation is 1. The number of hydrogen-bond donors (Lipinski definition) is 2. The summed E-state index contributed by atoms with van der Waals surface area (Å²) in [5.41, 5.74) is -0.0505. The summed E-state index contributed by atoms with van der Waals surface area (Å²) in [5, 5.41) is 14.3. The van der Waals surface area contributed by atoms with E-state index in [0.29, 0.717) is 11.0 Å². The van der Waals surface area contributed by atoms with Crippen molar-refractivity contribution in [2.24, 2.45) is 0 Å². The predicted molar refractivity (Wildman–Crippen MR) is 86.9 cm³/mol. The number of aromatic nitrogens is 1. The summed E-state index contributed by atoms with van der Waals surface area (Å²) in [6.07, 6.45) is 3.30. The van der Waals surface area contributed by atoms with E-state index in [0.717, 1.165) is 18.6 Å². The fraction of sp³-hybridized carbons (Fsp3) is 0.667. The van der Waals surface area contributed by atoms with Crippen LogP contribution in [0, 0.1) is 6.92 Å². The van der Waals surface area contributed by atoms with Crippen molar-refractivity contribution < 1.29 is 14.7 Å². The van der Waals surface area contributed by atoms with Gasteiger partial charge in [-0.2, -0.15) is 0 Å². The van der Waals surface area contributed by atoms with Crippen LogP contribution in [0.3, 0.4) is 0 Å². The van der Waals surface area contributed by atoms with Gasteiger partial charge in [-0.3, -0.25) is 9.59 Å². The molecule has 2 heterocycles. The molecule has 1 unspecified atom stereocenters. The number of likely N-dealkylation sites (tertiary alicyclic amines) is 1. The van der Waals surface area contributed by atoms with Gasteiger partial charge < -0.3 is 15.3 Å². The summed E-state index contributed by atoms with van der Waals surface area (Å²) in [7, 11) is 0. The van der Waals surface area contributed by atoms with Crippen molar-refractivity contribution >= 4 is 23.7 Å². The number of nitrogens with zero attached hydrogens (tertiary/aromatic N) is 2. The average Bonchev–Trinajstić information content (AvgIpc) is 3.04. The molecule has 0 bridgehead atoms. The molecule has 1 aliphatic heterocycles. The lowest BCUT2D eigenvalue weighted by atomic mass is 10.1. The number of nitrogens with one attached hydrogen (secondary N) is 1. The van der Waals surface area contributed by atoms with E-state index in [4.69, 9.17) is 0 Å². The maximum atomic E-state index is 11.4. The Morgan fingerprint density at radius 2 is 2.32 bits per heavy atom. The summed E-state index contributed by atoms with van der Waals surface area (Å²) in [5.74, 6) is -0.231. The molecule has 2 amide bonds. The summed E-state index contributed by atoms with van der Waals surface area (Å²) < 4.78 is 0. The van der Waals surface area contributed by atoms with Gasteiger partial charge in [0, 0.05) is 30.2 Å². The molecule has 1 aromatic heterocycles. The van der Waals surface area contributed by atoms with Crippen LogP contribution >= 0.6 is 11.3 Å². The third-order valence-corrected chi connectivity index (χ3v) is 4.19. The molecule has 6 nitrogen and oxygen atoms in total. The highest BCUT2D eigenvalue weighted by Crippen LogP contribution is 2.13. The Balaban J connectivity index is 0.000000255. The molecular formula is C15H25N3O3S. The number of aliphatic hydroxyl groups is 1. The standard InChI is InChI=1S/C9H14N2O2S.C6H11NO/c1-6-4-14-8(11-6)7(12)10-5-9(2,3)13;1-6-3-2-4-7(6)5-8/h4,13H,5H2,1-3H3,(H,10,12);5-6H,2-4H2,1H3. The van der Waals surface area contributed by atoms with Crippen LogP contribution in [-0.4, -0.2) is 52.0 Å². The maximum absolute atomic E-state index is 11.4. The lowest BCUT2D eigenvalue weighted by Gasteiger charge is -2.16. The fourth-order valence-electron chi connectivity index (χ4n) is 1.94. The fourth-order valence-corrected chi connectivity index (χ4v) is 2.65. The van der Waals surface area contributed by atoms with Crippen molar-refractivity contribution in [3.63, 3.8) is 0 Å². The maximum Gasteiger partial charge on any atom is 0.280 e. The third-order valence-electron chi connectivity index (χ3n) is 3.23. The van der Waals surface area contributed by atoms with Gasteiger partial charge in [-0.25, -0.2) is 4.98 Å². The zero-order chi connectivity index (χ0) is 16.8.